The Morgan fingerprint density at radius 2 is 2.29 bits per heavy atom. The van der Waals surface area contributed by atoms with Gasteiger partial charge in [0.25, 0.3) is 5.91 Å². The van der Waals surface area contributed by atoms with Crippen LogP contribution in [0.5, 0.6) is 5.75 Å². The fraction of sp³-hybridized carbons (Fsp3) is 0.471. The zero-order valence-electron chi connectivity index (χ0n) is 13.8. The Hall–Kier alpha value is -2.08. The van der Waals surface area contributed by atoms with Gasteiger partial charge in [0.2, 0.25) is 0 Å². The van der Waals surface area contributed by atoms with Gasteiger partial charge in [0, 0.05) is 19.0 Å². The van der Waals surface area contributed by atoms with Gasteiger partial charge < -0.3 is 14.6 Å². The number of hydrogen-bond donors (Lipinski definition) is 1. The summed E-state index contributed by atoms with van der Waals surface area (Å²) in [5, 5.41) is 11.5. The summed E-state index contributed by atoms with van der Waals surface area (Å²) in [7, 11) is 0. The van der Waals surface area contributed by atoms with Crippen LogP contribution in [0.2, 0.25) is 5.02 Å². The van der Waals surface area contributed by atoms with E-state index >= 15 is 0 Å². The first-order valence-electron chi connectivity index (χ1n) is 8.13. The molecule has 1 aromatic heterocycles. The third-order valence-electron chi connectivity index (χ3n) is 4.00. The lowest BCUT2D eigenvalue weighted by atomic mass is 10.2. The van der Waals surface area contributed by atoms with Crippen LogP contribution in [0, 0.1) is 6.92 Å². The molecule has 3 rings (SSSR count). The van der Waals surface area contributed by atoms with E-state index in [2.05, 4.69) is 15.5 Å². The molecule has 1 atom stereocenters. The molecule has 24 heavy (non-hydrogen) atoms. The Morgan fingerprint density at radius 1 is 1.50 bits per heavy atom. The predicted molar refractivity (Wildman–Crippen MR) is 91.3 cm³/mol. The molecule has 1 unspecified atom stereocenters. The molecule has 128 valence electrons. The Morgan fingerprint density at radius 3 is 3.04 bits per heavy atom. The van der Waals surface area contributed by atoms with Gasteiger partial charge in [0.05, 0.1) is 5.02 Å². The number of carbonyl (C=O) groups excluding carboxylic acids is 1. The summed E-state index contributed by atoms with van der Waals surface area (Å²) in [5.74, 6) is 1.90. The van der Waals surface area contributed by atoms with Crippen LogP contribution in [-0.2, 0) is 11.3 Å². The van der Waals surface area contributed by atoms with Crippen molar-refractivity contribution in [1.82, 2.24) is 20.1 Å². The highest BCUT2D eigenvalue weighted by atomic mass is 35.5. The molecule has 1 fully saturated rings. The fourth-order valence-corrected chi connectivity index (χ4v) is 2.64. The topological polar surface area (TPSA) is 69.0 Å². The third-order valence-corrected chi connectivity index (χ3v) is 4.31. The standard InChI is InChI=1S/C17H21ClN4O2/c1-11-3-6-14(18)15(9-11)24-12(2)17(23)19-7-8-22-10-20-21-16(22)13-4-5-13/h3,6,9-10,12-13H,4-5,7-8H2,1-2H3,(H,19,23). The lowest BCUT2D eigenvalue weighted by Gasteiger charge is -2.16. The minimum atomic E-state index is -0.617. The monoisotopic (exact) mass is 348 g/mol. The lowest BCUT2D eigenvalue weighted by Crippen LogP contribution is -2.38. The number of ether oxygens (including phenoxy) is 1. The summed E-state index contributed by atoms with van der Waals surface area (Å²) < 4.78 is 7.67. The molecular weight excluding hydrogens is 328 g/mol. The molecule has 0 saturated heterocycles. The van der Waals surface area contributed by atoms with E-state index in [1.54, 1.807) is 19.3 Å². The van der Waals surface area contributed by atoms with Crippen LogP contribution in [-0.4, -0.2) is 33.3 Å². The van der Waals surface area contributed by atoms with Crippen molar-refractivity contribution >= 4 is 17.5 Å². The lowest BCUT2D eigenvalue weighted by molar-refractivity contribution is -0.127. The van der Waals surface area contributed by atoms with E-state index in [9.17, 15) is 4.79 Å². The van der Waals surface area contributed by atoms with E-state index in [4.69, 9.17) is 16.3 Å². The van der Waals surface area contributed by atoms with Crippen molar-refractivity contribution in [3.63, 3.8) is 0 Å². The summed E-state index contributed by atoms with van der Waals surface area (Å²) in [4.78, 5) is 12.2. The molecule has 1 aliphatic carbocycles. The van der Waals surface area contributed by atoms with Crippen molar-refractivity contribution in [2.45, 2.75) is 45.3 Å². The van der Waals surface area contributed by atoms with Crippen LogP contribution in [0.25, 0.3) is 0 Å². The highest BCUT2D eigenvalue weighted by Crippen LogP contribution is 2.38. The minimum Gasteiger partial charge on any atom is -0.479 e. The number of hydrogen-bond acceptors (Lipinski definition) is 4. The molecule has 1 aromatic carbocycles. The van der Waals surface area contributed by atoms with E-state index in [1.165, 1.54) is 12.8 Å². The largest absolute Gasteiger partial charge is 0.479 e. The number of halogens is 1. The van der Waals surface area contributed by atoms with Crippen LogP contribution in [0.4, 0.5) is 0 Å². The second-order valence-electron chi connectivity index (χ2n) is 6.14. The number of aryl methyl sites for hydroxylation is 1. The third kappa shape index (κ3) is 4.06. The van der Waals surface area contributed by atoms with Crippen LogP contribution in [0.3, 0.4) is 0 Å². The summed E-state index contributed by atoms with van der Waals surface area (Å²) >= 11 is 6.10. The van der Waals surface area contributed by atoms with E-state index in [0.29, 0.717) is 29.8 Å². The molecule has 1 saturated carbocycles. The van der Waals surface area contributed by atoms with Crippen LogP contribution < -0.4 is 10.1 Å². The maximum absolute atomic E-state index is 12.2. The molecule has 1 heterocycles. The van der Waals surface area contributed by atoms with Gasteiger partial charge in [-0.25, -0.2) is 0 Å². The zero-order valence-corrected chi connectivity index (χ0v) is 14.6. The first-order valence-corrected chi connectivity index (χ1v) is 8.50. The zero-order chi connectivity index (χ0) is 17.1. The summed E-state index contributed by atoms with van der Waals surface area (Å²) in [6.07, 6.45) is 3.44. The van der Waals surface area contributed by atoms with E-state index < -0.39 is 6.10 Å². The van der Waals surface area contributed by atoms with Gasteiger partial charge in [-0.2, -0.15) is 0 Å². The molecule has 1 amide bonds. The van der Waals surface area contributed by atoms with Gasteiger partial charge in [-0.3, -0.25) is 4.79 Å². The average Bonchev–Trinajstić information content (AvgIpc) is 3.30. The van der Waals surface area contributed by atoms with Crippen molar-refractivity contribution in [1.29, 1.82) is 0 Å². The summed E-state index contributed by atoms with van der Waals surface area (Å²) in [6, 6.07) is 5.49. The molecule has 0 aliphatic heterocycles. The first-order chi connectivity index (χ1) is 11.5. The Kier molecular flexibility index (Phi) is 5.04. The fourth-order valence-electron chi connectivity index (χ4n) is 2.48. The van der Waals surface area contributed by atoms with Crippen LogP contribution >= 0.6 is 11.6 Å². The Balaban J connectivity index is 1.49. The number of nitrogens with zero attached hydrogens (tertiary/aromatic N) is 3. The Bertz CT molecular complexity index is 727. The maximum Gasteiger partial charge on any atom is 0.260 e. The van der Waals surface area contributed by atoms with Gasteiger partial charge >= 0.3 is 0 Å². The second-order valence-corrected chi connectivity index (χ2v) is 6.55. The molecule has 0 spiro atoms. The van der Waals surface area contributed by atoms with Gasteiger partial charge in [-0.1, -0.05) is 17.7 Å². The van der Waals surface area contributed by atoms with Crippen LogP contribution in [0.1, 0.15) is 37.1 Å². The van der Waals surface area contributed by atoms with Gasteiger partial charge in [-0.05, 0) is 44.4 Å². The Labute approximate surface area is 146 Å². The maximum atomic E-state index is 12.2. The number of rotatable bonds is 7. The van der Waals surface area contributed by atoms with Crippen molar-refractivity contribution < 1.29 is 9.53 Å². The highest BCUT2D eigenvalue weighted by molar-refractivity contribution is 6.32. The molecular formula is C17H21ClN4O2. The van der Waals surface area contributed by atoms with Gasteiger partial charge in [0.1, 0.15) is 17.9 Å². The van der Waals surface area contributed by atoms with Crippen molar-refractivity contribution in [2.24, 2.45) is 0 Å². The molecule has 0 bridgehead atoms. The molecule has 0 radical (unpaired) electrons. The first kappa shape index (κ1) is 16.8. The quantitative estimate of drug-likeness (QED) is 0.835. The molecule has 6 nitrogen and oxygen atoms in total. The van der Waals surface area contributed by atoms with E-state index in [-0.39, 0.29) is 5.91 Å². The second kappa shape index (κ2) is 7.21. The summed E-state index contributed by atoms with van der Waals surface area (Å²) in [5.41, 5.74) is 1.03. The number of benzene rings is 1. The van der Waals surface area contributed by atoms with Crippen molar-refractivity contribution in [3.05, 3.63) is 40.9 Å². The van der Waals surface area contributed by atoms with Gasteiger partial charge in [0.15, 0.2) is 6.10 Å². The molecule has 7 heteroatoms. The van der Waals surface area contributed by atoms with Crippen molar-refractivity contribution in [2.75, 3.05) is 6.54 Å². The normalized spacial score (nSPS) is 15.1. The highest BCUT2D eigenvalue weighted by Gasteiger charge is 2.28. The molecule has 1 aliphatic rings. The van der Waals surface area contributed by atoms with Crippen molar-refractivity contribution in [3.8, 4) is 5.75 Å². The number of nitrogens with one attached hydrogen (secondary N) is 1. The minimum absolute atomic E-state index is 0.173. The molecule has 2 aromatic rings. The smallest absolute Gasteiger partial charge is 0.260 e. The SMILES string of the molecule is Cc1ccc(Cl)c(OC(C)C(=O)NCCn2cnnc2C2CC2)c1. The predicted octanol–water partition coefficient (Wildman–Crippen LogP) is 2.70. The number of carbonyl (C=O) groups is 1. The summed E-state index contributed by atoms with van der Waals surface area (Å²) in [6.45, 7) is 4.82. The van der Waals surface area contributed by atoms with E-state index in [0.717, 1.165) is 11.4 Å². The van der Waals surface area contributed by atoms with Gasteiger partial charge in [-0.15, -0.1) is 10.2 Å². The van der Waals surface area contributed by atoms with E-state index in [1.807, 2.05) is 23.6 Å². The average molecular weight is 349 g/mol. The number of aromatic nitrogens is 3. The number of amides is 1. The van der Waals surface area contributed by atoms with Crippen LogP contribution in [0.15, 0.2) is 24.5 Å². The molecule has 1 N–H and O–H groups in total.